The molecule has 0 atom stereocenters. The van der Waals surface area contributed by atoms with Gasteiger partial charge in [-0.3, -0.25) is 17.6 Å². The summed E-state index contributed by atoms with van der Waals surface area (Å²) in [6.45, 7) is 12.7. The minimum atomic E-state index is -0.299. The van der Waals surface area contributed by atoms with Crippen LogP contribution in [-0.2, 0) is 51.9 Å². The van der Waals surface area contributed by atoms with E-state index in [2.05, 4.69) is 136 Å². The van der Waals surface area contributed by atoms with E-state index in [4.69, 9.17) is 49.3 Å². The largest absolute Gasteiger partial charge is 0.497 e. The molecular formula is C107H93F5N20O2. The minimum absolute atomic E-state index is 0.274. The lowest BCUT2D eigenvalue weighted by atomic mass is 10.1. The van der Waals surface area contributed by atoms with Gasteiger partial charge >= 0.3 is 0 Å². The molecule has 0 aliphatic rings. The van der Waals surface area contributed by atoms with E-state index in [9.17, 15) is 22.0 Å². The van der Waals surface area contributed by atoms with Gasteiger partial charge in [0.05, 0.1) is 82.5 Å². The number of nitrogens with one attached hydrogen (secondary N) is 4. The van der Waals surface area contributed by atoms with Crippen molar-refractivity contribution < 1.29 is 31.4 Å². The number of pyridine rings is 4. The van der Waals surface area contributed by atoms with E-state index < -0.39 is 0 Å². The summed E-state index contributed by atoms with van der Waals surface area (Å²) in [6, 6.07) is 79.7. The van der Waals surface area contributed by atoms with Crippen molar-refractivity contribution in [1.82, 2.24) is 77.4 Å². The average Bonchev–Trinajstić information content (AvgIpc) is 1.63. The van der Waals surface area contributed by atoms with Gasteiger partial charge in [0.15, 0.2) is 0 Å². The fourth-order valence-corrected chi connectivity index (χ4v) is 15.5. The Morgan fingerprint density at radius 3 is 0.903 bits per heavy atom. The third kappa shape index (κ3) is 20.9. The molecule has 0 saturated carbocycles. The Kier molecular flexibility index (Phi) is 27.6. The molecule has 4 N–H and O–H groups in total. The molecule has 8 aromatic carbocycles. The zero-order chi connectivity index (χ0) is 92.6. The van der Waals surface area contributed by atoms with Crippen molar-refractivity contribution in [1.29, 1.82) is 0 Å². The highest BCUT2D eigenvalue weighted by Crippen LogP contribution is 2.39. The predicted octanol–water partition coefficient (Wildman–Crippen LogP) is 23.6. The van der Waals surface area contributed by atoms with E-state index in [0.29, 0.717) is 67.1 Å². The molecule has 0 aliphatic heterocycles. The normalized spacial score (nSPS) is 11.1. The van der Waals surface area contributed by atoms with Gasteiger partial charge in [0, 0.05) is 104 Å². The third-order valence-electron chi connectivity index (χ3n) is 22.6. The van der Waals surface area contributed by atoms with E-state index in [1.807, 2.05) is 127 Å². The number of halogens is 5. The molecule has 0 bridgehead atoms. The second-order valence-corrected chi connectivity index (χ2v) is 31.5. The van der Waals surface area contributed by atoms with Gasteiger partial charge < -0.3 is 30.7 Å². The first-order valence-electron chi connectivity index (χ1n) is 43.9. The van der Waals surface area contributed by atoms with Gasteiger partial charge in [0.25, 0.3) is 0 Å². The summed E-state index contributed by atoms with van der Waals surface area (Å²) < 4.78 is 86.3. The van der Waals surface area contributed by atoms with Crippen LogP contribution >= 0.6 is 0 Å². The zero-order valence-corrected chi connectivity index (χ0v) is 74.5. The molecule has 20 aromatic rings. The standard InChI is InChI=1S/2C27H24FN5O.C27H24FN5.C26H21F2N5/c1-3-18-12-14-33-24(16-18)32-25(20-7-9-21(28)10-8-20)26(33)23-11-13-29-27(31-23)30-17-19-5-4-6-22(15-19)34-2;1-3-18-13-15-33-24(16-18)32-25(19-8-10-21(28)11-9-19)26(33)22-12-14-29-27(31-22)30-17-20-6-4-5-7-23(20)34-2;1-3-19-12-14-33-24(16-19)32-25(21-7-9-22(28)10-8-21)26(33)23-11-13-29-27(31-23)30-17-20-6-4-5-18(2)15-20;1-2-17-12-14-33-23(15-17)32-24(19-5-9-21(28)10-6-19)25(33)22-11-13-29-26(31-22)30-16-18-3-7-20(27)8-4-18/h2*4-16H,3,17H2,1-2H3,(H,29,30,31);4-16H,3,17H2,1-2H3,(H,29,30,31);3-15H,2,16H2,1H3,(H,29,30,31). The number of aryl methyl sites for hydroxylation is 5. The number of rotatable bonds is 26. The molecule has 12 heterocycles. The monoisotopic (exact) mass is 1780 g/mol. The summed E-state index contributed by atoms with van der Waals surface area (Å²) in [5.41, 5.74) is 25.8. The van der Waals surface area contributed by atoms with Gasteiger partial charge in [-0.15, -0.1) is 0 Å². The van der Waals surface area contributed by atoms with Crippen LogP contribution in [0.3, 0.4) is 0 Å². The first-order valence-corrected chi connectivity index (χ1v) is 43.9. The Balaban J connectivity index is 0.000000124. The molecule has 0 aliphatic carbocycles. The lowest BCUT2D eigenvalue weighted by Gasteiger charge is -2.11. The number of imidazole rings is 4. The smallest absolute Gasteiger partial charge is 0.223 e. The van der Waals surface area contributed by atoms with Crippen molar-refractivity contribution in [3.8, 4) is 102 Å². The van der Waals surface area contributed by atoms with E-state index in [0.717, 1.165) is 156 Å². The minimum Gasteiger partial charge on any atom is -0.497 e. The molecule has 0 radical (unpaired) electrons. The maximum absolute atomic E-state index is 13.6. The summed E-state index contributed by atoms with van der Waals surface area (Å²) in [5.74, 6) is 2.17. The van der Waals surface area contributed by atoms with Gasteiger partial charge in [-0.25, -0.2) is 81.8 Å². The van der Waals surface area contributed by atoms with E-state index in [1.165, 1.54) is 88.5 Å². The molecular weight excluding hydrogens is 1690 g/mol. The van der Waals surface area contributed by atoms with Crippen molar-refractivity contribution in [2.75, 3.05) is 35.5 Å². The molecule has 22 nitrogen and oxygen atoms in total. The van der Waals surface area contributed by atoms with Crippen LogP contribution in [-0.4, -0.2) is 91.6 Å². The maximum Gasteiger partial charge on any atom is 0.223 e. The molecule has 0 unspecified atom stereocenters. The molecule has 27 heteroatoms. The zero-order valence-electron chi connectivity index (χ0n) is 74.5. The Labute approximate surface area is 770 Å². The summed E-state index contributed by atoms with van der Waals surface area (Å²) >= 11 is 0. The fraction of sp³-hybridized carbons (Fsp3) is 0.140. The summed E-state index contributed by atoms with van der Waals surface area (Å²) in [4.78, 5) is 56.1. The van der Waals surface area contributed by atoms with E-state index in [1.54, 1.807) is 99.7 Å². The van der Waals surface area contributed by atoms with Crippen LogP contribution in [0.25, 0.3) is 113 Å². The fourth-order valence-electron chi connectivity index (χ4n) is 15.5. The topological polar surface area (TPSA) is 239 Å². The maximum atomic E-state index is 13.6. The molecule has 0 spiro atoms. The lowest BCUT2D eigenvalue weighted by Crippen LogP contribution is -2.05. The third-order valence-corrected chi connectivity index (χ3v) is 22.6. The number of methoxy groups -OCH3 is 2. The number of benzene rings is 8. The quantitative estimate of drug-likeness (QED) is 0.0369. The number of hydrogen-bond acceptors (Lipinski definition) is 18. The number of fused-ring (bicyclic) bond motifs is 4. The number of ether oxygens (including phenoxy) is 2. The highest BCUT2D eigenvalue weighted by molar-refractivity contribution is 5.85. The summed E-state index contributed by atoms with van der Waals surface area (Å²) in [6.07, 6.45) is 18.5. The van der Waals surface area contributed by atoms with Crippen molar-refractivity contribution >= 4 is 46.4 Å². The van der Waals surface area contributed by atoms with E-state index in [-0.39, 0.29) is 29.1 Å². The van der Waals surface area contributed by atoms with Gasteiger partial charge in [0.2, 0.25) is 23.8 Å². The predicted molar refractivity (Wildman–Crippen MR) is 517 cm³/mol. The molecule has 668 valence electrons. The van der Waals surface area contributed by atoms with Crippen molar-refractivity contribution in [2.24, 2.45) is 0 Å². The van der Waals surface area contributed by atoms with Crippen molar-refractivity contribution in [2.45, 2.75) is 86.5 Å². The molecule has 20 rings (SSSR count). The first-order chi connectivity index (χ1) is 65.5. The summed E-state index contributed by atoms with van der Waals surface area (Å²) in [5, 5.41) is 13.1. The van der Waals surface area contributed by atoms with Gasteiger partial charge in [-0.05, 0) is 272 Å². The second-order valence-electron chi connectivity index (χ2n) is 31.5. The number of para-hydroxylation sites is 1. The highest BCUT2D eigenvalue weighted by atomic mass is 19.1. The van der Waals surface area contributed by atoms with Gasteiger partial charge in [0.1, 0.15) is 63.2 Å². The lowest BCUT2D eigenvalue weighted by molar-refractivity contribution is 0.410. The molecule has 0 amide bonds. The first kappa shape index (κ1) is 89.3. The van der Waals surface area contributed by atoms with E-state index >= 15 is 0 Å². The Hall–Kier alpha value is -16.7. The van der Waals surface area contributed by atoms with Crippen LogP contribution in [0.4, 0.5) is 45.7 Å². The Bertz CT molecular complexity index is 7500. The number of aromatic nitrogens is 16. The number of nitrogens with zero attached hydrogens (tertiary/aromatic N) is 16. The van der Waals surface area contributed by atoms with Crippen molar-refractivity contribution in [3.05, 3.63) is 396 Å². The van der Waals surface area contributed by atoms with Crippen LogP contribution in [0.15, 0.2) is 316 Å². The second kappa shape index (κ2) is 41.4. The Morgan fingerprint density at radius 2 is 0.582 bits per heavy atom. The SMILES string of the molecule is CCc1ccn2c(-c3ccnc(NCc4ccc(F)cc4)n3)c(-c3ccc(F)cc3)nc2c1.CCc1ccn2c(-c3ccnc(NCc4cccc(C)c4)n3)c(-c3ccc(F)cc3)nc2c1.CCc1ccn2c(-c3ccnc(NCc4cccc(OC)c4)n3)c(-c3ccc(F)cc3)nc2c1.CCc1ccn2c(-c3ccnc(NCc4ccccc4OC)n3)c(-c3ccc(F)cc3)nc2c1. The average molecular weight is 1790 g/mol. The van der Waals surface area contributed by atoms with Crippen LogP contribution in [0.2, 0.25) is 0 Å². The van der Waals surface area contributed by atoms with Crippen molar-refractivity contribution in [3.63, 3.8) is 0 Å². The van der Waals surface area contributed by atoms with Crippen LogP contribution < -0.4 is 30.7 Å². The van der Waals surface area contributed by atoms with Gasteiger partial charge in [-0.1, -0.05) is 100.0 Å². The molecule has 0 saturated heterocycles. The summed E-state index contributed by atoms with van der Waals surface area (Å²) in [7, 11) is 3.30. The van der Waals surface area contributed by atoms with Gasteiger partial charge in [-0.2, -0.15) is 0 Å². The van der Waals surface area contributed by atoms with Crippen LogP contribution in [0, 0.1) is 36.0 Å². The molecule has 134 heavy (non-hydrogen) atoms. The van der Waals surface area contributed by atoms with Crippen LogP contribution in [0.5, 0.6) is 11.5 Å². The highest BCUT2D eigenvalue weighted by Gasteiger charge is 2.25. The molecule has 12 aromatic heterocycles. The Morgan fingerprint density at radius 1 is 0.276 bits per heavy atom. The van der Waals surface area contributed by atoms with Crippen LogP contribution in [0.1, 0.15) is 77.8 Å². The number of anilines is 4. The molecule has 0 fully saturated rings. The number of hydrogen-bond donors (Lipinski definition) is 4.